The first kappa shape index (κ1) is 41.9. The third-order valence-corrected chi connectivity index (χ3v) is 14.3. The quantitative estimate of drug-likeness (QED) is 0.152. The van der Waals surface area contributed by atoms with Gasteiger partial charge in [0, 0.05) is 74.2 Å². The SMILES string of the molecule is O=c1ccoc2cc(-n3c4ccccc4c4cc(N(c5ccc(-c6ccc(-c7ccc(-c8ccccc8)cc7)cc6)cc5)c5ccc6c(c5)c5ccccc5n6-c5ccc6c(=O)ccoc6c5)ccc43)ccc12. The van der Waals surface area contributed by atoms with Gasteiger partial charge in [0.05, 0.1) is 45.4 Å². The van der Waals surface area contributed by atoms with Crippen LogP contribution in [0.5, 0.6) is 0 Å². The molecule has 0 fully saturated rings. The van der Waals surface area contributed by atoms with Crippen LogP contribution in [-0.2, 0) is 0 Å². The van der Waals surface area contributed by atoms with Crippen molar-refractivity contribution in [3.63, 3.8) is 0 Å². The van der Waals surface area contributed by atoms with Gasteiger partial charge in [-0.05, 0) is 118 Å². The summed E-state index contributed by atoms with van der Waals surface area (Å²) >= 11 is 0. The molecule has 4 heterocycles. The van der Waals surface area contributed by atoms with E-state index in [2.05, 4.69) is 196 Å². The van der Waals surface area contributed by atoms with E-state index >= 15 is 0 Å². The van der Waals surface area contributed by atoms with Gasteiger partial charge in [-0.3, -0.25) is 9.59 Å². The van der Waals surface area contributed by atoms with Gasteiger partial charge >= 0.3 is 0 Å². The van der Waals surface area contributed by atoms with Crippen molar-refractivity contribution in [3.05, 3.63) is 270 Å². The number of nitrogens with zero attached hydrogens (tertiary/aromatic N) is 3. The van der Waals surface area contributed by atoms with Gasteiger partial charge in [0.2, 0.25) is 0 Å². The lowest BCUT2D eigenvalue weighted by molar-refractivity contribution is 0.602. The normalized spacial score (nSPS) is 11.7. The van der Waals surface area contributed by atoms with E-state index in [0.29, 0.717) is 21.9 Å². The molecule has 344 valence electrons. The maximum Gasteiger partial charge on any atom is 0.192 e. The van der Waals surface area contributed by atoms with Crippen LogP contribution < -0.4 is 15.8 Å². The highest BCUT2D eigenvalue weighted by molar-refractivity contribution is 6.13. The van der Waals surface area contributed by atoms with Gasteiger partial charge < -0.3 is 22.9 Å². The zero-order chi connectivity index (χ0) is 48.6. The van der Waals surface area contributed by atoms with E-state index in [4.69, 9.17) is 8.83 Å². The molecule has 14 aromatic rings. The fraction of sp³-hybridized carbons (Fsp3) is 0. The molecule has 0 saturated carbocycles. The third kappa shape index (κ3) is 7.05. The van der Waals surface area contributed by atoms with Crippen molar-refractivity contribution in [2.75, 3.05) is 4.90 Å². The van der Waals surface area contributed by atoms with Crippen LogP contribution in [0, 0.1) is 0 Å². The molecule has 0 unspecified atom stereocenters. The monoisotopic (exact) mass is 939 g/mol. The average Bonchev–Trinajstić information content (AvgIpc) is 3.96. The summed E-state index contributed by atoms with van der Waals surface area (Å²) in [4.78, 5) is 27.7. The van der Waals surface area contributed by atoms with Crippen LogP contribution in [0.4, 0.5) is 17.1 Å². The molecule has 14 rings (SSSR count). The Kier molecular flexibility index (Phi) is 9.69. The summed E-state index contributed by atoms with van der Waals surface area (Å²) < 4.78 is 16.2. The minimum Gasteiger partial charge on any atom is -0.464 e. The van der Waals surface area contributed by atoms with E-state index < -0.39 is 0 Å². The smallest absolute Gasteiger partial charge is 0.192 e. The maximum absolute atomic E-state index is 12.7. The Labute approximate surface area is 417 Å². The molecule has 0 saturated heterocycles. The summed E-state index contributed by atoms with van der Waals surface area (Å²) in [5.41, 5.74) is 16.8. The lowest BCUT2D eigenvalue weighted by Gasteiger charge is -2.26. The van der Waals surface area contributed by atoms with E-state index in [1.165, 1.54) is 46.9 Å². The predicted octanol–water partition coefficient (Wildman–Crippen LogP) is 16.6. The second kappa shape index (κ2) is 16.9. The van der Waals surface area contributed by atoms with Gasteiger partial charge in [-0.15, -0.1) is 0 Å². The van der Waals surface area contributed by atoms with Crippen molar-refractivity contribution in [2.24, 2.45) is 0 Å². The predicted molar refractivity (Wildman–Crippen MR) is 298 cm³/mol. The number of para-hydroxylation sites is 2. The molecule has 0 N–H and O–H groups in total. The third-order valence-electron chi connectivity index (χ3n) is 14.3. The van der Waals surface area contributed by atoms with Crippen LogP contribution in [0.15, 0.2) is 268 Å². The molecule has 7 nitrogen and oxygen atoms in total. The molecule has 0 spiro atoms. The molecule has 0 aliphatic rings. The highest BCUT2D eigenvalue weighted by atomic mass is 16.3. The first-order valence-electron chi connectivity index (χ1n) is 24.3. The van der Waals surface area contributed by atoms with Crippen LogP contribution in [0.25, 0.3) is 110 Å². The summed E-state index contributed by atoms with van der Waals surface area (Å²) in [7, 11) is 0. The molecule has 0 atom stereocenters. The van der Waals surface area contributed by atoms with Gasteiger partial charge in [-0.2, -0.15) is 0 Å². The molecule has 0 aliphatic carbocycles. The number of aromatic nitrogens is 2. The van der Waals surface area contributed by atoms with Crippen molar-refractivity contribution in [3.8, 4) is 44.8 Å². The molecule has 0 amide bonds. The molecular weight excluding hydrogens is 899 g/mol. The largest absolute Gasteiger partial charge is 0.464 e. The minimum atomic E-state index is -0.0713. The van der Waals surface area contributed by atoms with Gasteiger partial charge in [-0.1, -0.05) is 127 Å². The molecule has 0 bridgehead atoms. The Hall–Kier alpha value is -9.98. The summed E-state index contributed by atoms with van der Waals surface area (Å²) in [6, 6.07) is 81.5. The fourth-order valence-electron chi connectivity index (χ4n) is 10.8. The Morgan fingerprint density at radius 3 is 1.11 bits per heavy atom. The average molecular weight is 940 g/mol. The first-order chi connectivity index (χ1) is 36.0. The molecule has 4 aromatic heterocycles. The van der Waals surface area contributed by atoms with Crippen LogP contribution in [0.1, 0.15) is 0 Å². The van der Waals surface area contributed by atoms with Gasteiger partial charge in [0.15, 0.2) is 10.9 Å². The zero-order valence-corrected chi connectivity index (χ0v) is 39.1. The molecular formula is C66H41N3O4. The topological polar surface area (TPSA) is 73.5 Å². The Bertz CT molecular complexity index is 4370. The standard InChI is InChI=1S/C66H41N3O4/c70-63-34-36-72-65-40-51(26-30-55(63)65)68-59-12-6-4-10-53(59)57-38-49(28-32-61(57)68)67(48-24-22-47(23-25-48)46-20-18-45(19-21-46)44-16-14-43(15-17-44)42-8-2-1-3-9-42)50-29-33-62-58(39-50)54-11-5-7-13-60(54)69(62)52-27-31-56-64(71)35-37-73-66(56)41-52/h1-41H. The first-order valence-corrected chi connectivity index (χ1v) is 24.3. The molecule has 7 heteroatoms. The fourth-order valence-corrected chi connectivity index (χ4v) is 10.8. The van der Waals surface area contributed by atoms with Crippen molar-refractivity contribution in [2.45, 2.75) is 0 Å². The van der Waals surface area contributed by atoms with Gasteiger partial charge in [0.1, 0.15) is 11.2 Å². The second-order valence-corrected chi connectivity index (χ2v) is 18.4. The highest BCUT2D eigenvalue weighted by Crippen LogP contribution is 2.43. The number of rotatable bonds is 8. The lowest BCUT2D eigenvalue weighted by Crippen LogP contribution is -2.10. The Morgan fingerprint density at radius 2 is 0.658 bits per heavy atom. The number of hydrogen-bond acceptors (Lipinski definition) is 5. The maximum atomic E-state index is 12.7. The Morgan fingerprint density at radius 1 is 0.288 bits per heavy atom. The molecule has 0 aliphatic heterocycles. The van der Waals surface area contributed by atoms with E-state index in [1.807, 2.05) is 42.5 Å². The zero-order valence-electron chi connectivity index (χ0n) is 39.1. The summed E-state index contributed by atoms with van der Waals surface area (Å²) in [5.74, 6) is 0. The number of anilines is 3. The van der Waals surface area contributed by atoms with Crippen LogP contribution in [0.3, 0.4) is 0 Å². The van der Waals surface area contributed by atoms with Gasteiger partial charge in [-0.25, -0.2) is 0 Å². The Balaban J connectivity index is 0.897. The second-order valence-electron chi connectivity index (χ2n) is 18.4. The van der Waals surface area contributed by atoms with E-state index in [1.54, 1.807) is 0 Å². The summed E-state index contributed by atoms with van der Waals surface area (Å²) in [6.45, 7) is 0. The summed E-state index contributed by atoms with van der Waals surface area (Å²) in [6.07, 6.45) is 2.91. The van der Waals surface area contributed by atoms with Crippen molar-refractivity contribution in [1.29, 1.82) is 0 Å². The molecule has 0 radical (unpaired) electrons. The number of benzene rings is 10. The van der Waals surface area contributed by atoms with Crippen LogP contribution in [0.2, 0.25) is 0 Å². The van der Waals surface area contributed by atoms with Crippen molar-refractivity contribution < 1.29 is 8.83 Å². The minimum absolute atomic E-state index is 0.0713. The summed E-state index contributed by atoms with van der Waals surface area (Å²) in [5, 5.41) is 5.46. The van der Waals surface area contributed by atoms with Crippen molar-refractivity contribution in [1.82, 2.24) is 9.13 Å². The number of fused-ring (bicyclic) bond motifs is 8. The van der Waals surface area contributed by atoms with Crippen LogP contribution >= 0.6 is 0 Å². The molecule has 10 aromatic carbocycles. The number of hydrogen-bond donors (Lipinski definition) is 0. The molecule has 73 heavy (non-hydrogen) atoms. The van der Waals surface area contributed by atoms with Crippen molar-refractivity contribution >= 4 is 82.6 Å². The van der Waals surface area contributed by atoms with Crippen LogP contribution in [-0.4, -0.2) is 9.13 Å². The highest BCUT2D eigenvalue weighted by Gasteiger charge is 2.21. The van der Waals surface area contributed by atoms with E-state index in [0.717, 1.165) is 83.2 Å². The van der Waals surface area contributed by atoms with Gasteiger partial charge in [0.25, 0.3) is 0 Å². The van der Waals surface area contributed by atoms with E-state index in [9.17, 15) is 9.59 Å². The lowest BCUT2D eigenvalue weighted by atomic mass is 9.98. The van der Waals surface area contributed by atoms with E-state index in [-0.39, 0.29) is 10.9 Å².